The zero-order valence-electron chi connectivity index (χ0n) is 13.6. The lowest BCUT2D eigenvalue weighted by atomic mass is 10.2. The molecular weight excluding hydrogens is 284 g/mol. The quantitative estimate of drug-likeness (QED) is 0.814. The van der Waals surface area contributed by atoms with Crippen molar-refractivity contribution >= 4 is 22.1 Å². The fourth-order valence-corrected chi connectivity index (χ4v) is 3.25. The predicted octanol–water partition coefficient (Wildman–Crippen LogP) is 2.76. The molecule has 0 aromatic carbocycles. The molecule has 2 heterocycles. The Morgan fingerprint density at radius 2 is 2.19 bits per heavy atom. The van der Waals surface area contributed by atoms with E-state index in [1.54, 1.807) is 18.4 Å². The third-order valence-corrected chi connectivity index (χ3v) is 4.33. The molecule has 1 atom stereocenters. The lowest BCUT2D eigenvalue weighted by Gasteiger charge is -2.28. The first-order valence-corrected chi connectivity index (χ1v) is 8.39. The van der Waals surface area contributed by atoms with E-state index in [4.69, 9.17) is 9.72 Å². The zero-order chi connectivity index (χ0) is 15.4. The number of ether oxygens (including phenoxy) is 1. The van der Waals surface area contributed by atoms with Gasteiger partial charge in [0.15, 0.2) is 10.8 Å². The summed E-state index contributed by atoms with van der Waals surface area (Å²) in [6, 6.07) is 0.760. The molecule has 2 aromatic rings. The van der Waals surface area contributed by atoms with E-state index in [-0.39, 0.29) is 0 Å². The fraction of sp³-hybridized carbons (Fsp3) is 0.667. The largest absolute Gasteiger partial charge is 0.383 e. The van der Waals surface area contributed by atoms with Gasteiger partial charge >= 0.3 is 0 Å². The maximum atomic E-state index is 5.31. The number of imidazole rings is 1. The maximum Gasteiger partial charge on any atom is 0.195 e. The molecule has 1 N–H and O–H groups in total. The second-order valence-electron chi connectivity index (χ2n) is 5.56. The molecule has 0 aliphatic rings. The number of anilines is 1. The van der Waals surface area contributed by atoms with E-state index in [1.165, 1.54) is 5.69 Å². The van der Waals surface area contributed by atoms with Gasteiger partial charge in [-0.25, -0.2) is 4.98 Å². The minimum absolute atomic E-state index is 0.308. The molecular formula is C15H26N4OS. The molecule has 0 amide bonds. The molecule has 118 valence electrons. The molecule has 0 aliphatic carbocycles. The van der Waals surface area contributed by atoms with Gasteiger partial charge in [0.25, 0.3) is 0 Å². The van der Waals surface area contributed by atoms with Crippen LogP contribution in [0.3, 0.4) is 0 Å². The van der Waals surface area contributed by atoms with E-state index in [2.05, 4.69) is 53.9 Å². The van der Waals surface area contributed by atoms with Crippen LogP contribution in [-0.2, 0) is 11.3 Å². The summed E-state index contributed by atoms with van der Waals surface area (Å²) in [5, 5.41) is 5.59. The molecule has 0 fully saturated rings. The summed E-state index contributed by atoms with van der Waals surface area (Å²) in [5.74, 6) is 1.07. The number of nitrogens with zero attached hydrogens (tertiary/aromatic N) is 3. The molecule has 1 unspecified atom stereocenters. The molecule has 0 bridgehead atoms. The Labute approximate surface area is 130 Å². The lowest BCUT2D eigenvalue weighted by Crippen LogP contribution is -2.37. The van der Waals surface area contributed by atoms with Crippen LogP contribution in [0.2, 0.25) is 0 Å². The van der Waals surface area contributed by atoms with E-state index in [0.717, 1.165) is 23.9 Å². The van der Waals surface area contributed by atoms with Crippen molar-refractivity contribution in [3.8, 4) is 0 Å². The van der Waals surface area contributed by atoms with Crippen LogP contribution < -0.4 is 10.2 Å². The van der Waals surface area contributed by atoms with Crippen molar-refractivity contribution in [1.29, 1.82) is 0 Å². The summed E-state index contributed by atoms with van der Waals surface area (Å²) in [5.41, 5.74) is 1.23. The van der Waals surface area contributed by atoms with Crippen molar-refractivity contribution in [2.24, 2.45) is 0 Å². The van der Waals surface area contributed by atoms with Crippen molar-refractivity contribution in [2.75, 3.05) is 25.2 Å². The molecule has 0 saturated carbocycles. The maximum absolute atomic E-state index is 5.31. The van der Waals surface area contributed by atoms with Crippen LogP contribution >= 0.6 is 11.3 Å². The lowest BCUT2D eigenvalue weighted by molar-refractivity contribution is 0.181. The van der Waals surface area contributed by atoms with Gasteiger partial charge in [-0.1, -0.05) is 13.8 Å². The van der Waals surface area contributed by atoms with Crippen LogP contribution in [0.5, 0.6) is 0 Å². The molecule has 2 rings (SSSR count). The second kappa shape index (κ2) is 7.24. The van der Waals surface area contributed by atoms with Gasteiger partial charge < -0.3 is 15.0 Å². The average molecular weight is 310 g/mol. The monoisotopic (exact) mass is 310 g/mol. The smallest absolute Gasteiger partial charge is 0.195 e. The summed E-state index contributed by atoms with van der Waals surface area (Å²) in [4.78, 5) is 8.21. The van der Waals surface area contributed by atoms with Crippen molar-refractivity contribution in [2.45, 2.75) is 46.3 Å². The normalized spacial score (nSPS) is 13.2. The highest BCUT2D eigenvalue weighted by atomic mass is 32.1. The Hall–Kier alpha value is -1.11. The number of methoxy groups -OCH3 is 1. The topological polar surface area (TPSA) is 41.8 Å². The Bertz CT molecular complexity index is 563. The van der Waals surface area contributed by atoms with Crippen LogP contribution in [-0.4, -0.2) is 41.7 Å². The molecule has 2 aromatic heterocycles. The Morgan fingerprint density at radius 3 is 2.81 bits per heavy atom. The van der Waals surface area contributed by atoms with Gasteiger partial charge in [-0.3, -0.25) is 4.40 Å². The molecule has 21 heavy (non-hydrogen) atoms. The number of fused-ring (bicyclic) bond motifs is 1. The number of thiazole rings is 1. The molecule has 0 saturated heterocycles. The van der Waals surface area contributed by atoms with E-state index >= 15 is 0 Å². The van der Waals surface area contributed by atoms with E-state index in [0.29, 0.717) is 18.7 Å². The van der Waals surface area contributed by atoms with Gasteiger partial charge in [0.1, 0.15) is 0 Å². The predicted molar refractivity (Wildman–Crippen MR) is 89.4 cm³/mol. The van der Waals surface area contributed by atoms with Crippen LogP contribution in [0.1, 0.15) is 33.4 Å². The van der Waals surface area contributed by atoms with Crippen molar-refractivity contribution < 1.29 is 4.74 Å². The van der Waals surface area contributed by atoms with Gasteiger partial charge in [-0.05, 0) is 13.8 Å². The molecule has 5 nitrogen and oxygen atoms in total. The standard InChI is InChI=1S/C15H26N4OS/c1-6-18(12(4)10-20-5)14-13(9-16-11(2)3)19-7-8-21-15(19)17-14/h7-8,11-12,16H,6,9-10H2,1-5H3. The molecule has 6 heteroatoms. The van der Waals surface area contributed by atoms with Crippen LogP contribution in [0.4, 0.5) is 5.82 Å². The van der Waals surface area contributed by atoms with Gasteiger partial charge in [0, 0.05) is 37.8 Å². The summed E-state index contributed by atoms with van der Waals surface area (Å²) in [7, 11) is 1.75. The first-order valence-electron chi connectivity index (χ1n) is 7.51. The fourth-order valence-electron chi connectivity index (χ4n) is 2.52. The summed E-state index contributed by atoms with van der Waals surface area (Å²) in [6.45, 7) is 11.1. The average Bonchev–Trinajstić information content (AvgIpc) is 2.99. The minimum atomic E-state index is 0.308. The number of rotatable bonds is 8. The number of hydrogen-bond donors (Lipinski definition) is 1. The Balaban J connectivity index is 2.35. The summed E-state index contributed by atoms with van der Waals surface area (Å²) in [6.07, 6.45) is 2.10. The van der Waals surface area contributed by atoms with E-state index < -0.39 is 0 Å². The number of nitrogens with one attached hydrogen (secondary N) is 1. The van der Waals surface area contributed by atoms with Gasteiger partial charge in [0.2, 0.25) is 0 Å². The van der Waals surface area contributed by atoms with Crippen molar-refractivity contribution in [3.63, 3.8) is 0 Å². The first-order chi connectivity index (χ1) is 10.1. The Kier molecular flexibility index (Phi) is 5.61. The van der Waals surface area contributed by atoms with Crippen LogP contribution in [0.15, 0.2) is 11.6 Å². The van der Waals surface area contributed by atoms with Crippen LogP contribution in [0, 0.1) is 0 Å². The molecule has 0 radical (unpaired) electrons. The highest BCUT2D eigenvalue weighted by Crippen LogP contribution is 2.26. The van der Waals surface area contributed by atoms with Gasteiger partial charge in [0.05, 0.1) is 18.3 Å². The van der Waals surface area contributed by atoms with Crippen molar-refractivity contribution in [1.82, 2.24) is 14.7 Å². The SMILES string of the molecule is CCN(c1nc2sccn2c1CNC(C)C)C(C)COC. The highest BCUT2D eigenvalue weighted by molar-refractivity contribution is 7.15. The molecule has 0 spiro atoms. The summed E-state index contributed by atoms with van der Waals surface area (Å²) >= 11 is 1.68. The first kappa shape index (κ1) is 16.3. The Morgan fingerprint density at radius 1 is 1.43 bits per heavy atom. The molecule has 0 aliphatic heterocycles. The minimum Gasteiger partial charge on any atom is -0.383 e. The van der Waals surface area contributed by atoms with Gasteiger partial charge in [-0.15, -0.1) is 11.3 Å². The van der Waals surface area contributed by atoms with E-state index in [9.17, 15) is 0 Å². The third kappa shape index (κ3) is 3.56. The van der Waals surface area contributed by atoms with E-state index in [1.807, 2.05) is 0 Å². The van der Waals surface area contributed by atoms with Crippen molar-refractivity contribution in [3.05, 3.63) is 17.3 Å². The summed E-state index contributed by atoms with van der Waals surface area (Å²) < 4.78 is 7.50. The highest BCUT2D eigenvalue weighted by Gasteiger charge is 2.21. The number of aromatic nitrogens is 2. The second-order valence-corrected chi connectivity index (χ2v) is 6.44. The van der Waals surface area contributed by atoms with Gasteiger partial charge in [-0.2, -0.15) is 0 Å². The zero-order valence-corrected chi connectivity index (χ0v) is 14.4. The number of hydrogen-bond acceptors (Lipinski definition) is 5. The van der Waals surface area contributed by atoms with Crippen LogP contribution in [0.25, 0.3) is 4.96 Å². The number of likely N-dealkylation sites (N-methyl/N-ethyl adjacent to an activating group) is 1. The third-order valence-electron chi connectivity index (χ3n) is 3.57.